The highest BCUT2D eigenvalue weighted by Gasteiger charge is 2.11. The van der Waals surface area contributed by atoms with Gasteiger partial charge in [-0.05, 0) is 45.0 Å². The average molecular weight is 383 g/mol. The van der Waals surface area contributed by atoms with Crippen molar-refractivity contribution in [2.75, 3.05) is 18.5 Å². The smallest absolute Gasteiger partial charge is 0.257 e. The van der Waals surface area contributed by atoms with Gasteiger partial charge in [-0.15, -0.1) is 0 Å². The van der Waals surface area contributed by atoms with Crippen molar-refractivity contribution in [1.29, 1.82) is 0 Å². The molecule has 0 atom stereocenters. The maximum absolute atomic E-state index is 12.2. The Balaban J connectivity index is 1.89. The maximum Gasteiger partial charge on any atom is 0.257 e. The van der Waals surface area contributed by atoms with E-state index >= 15 is 0 Å². The molecule has 0 fully saturated rings. The highest BCUT2D eigenvalue weighted by molar-refractivity contribution is 6.36. The molecule has 2 rings (SSSR count). The number of nitrogens with one attached hydrogen (secondary N) is 1. The van der Waals surface area contributed by atoms with Gasteiger partial charge in [0.25, 0.3) is 5.91 Å². The first-order valence-electron chi connectivity index (χ1n) is 7.74. The van der Waals surface area contributed by atoms with Crippen molar-refractivity contribution in [3.05, 3.63) is 52.1 Å². The zero-order chi connectivity index (χ0) is 18.4. The van der Waals surface area contributed by atoms with E-state index in [0.717, 1.165) is 0 Å². The van der Waals surface area contributed by atoms with Crippen LogP contribution in [0.15, 0.2) is 36.5 Å². The molecule has 5 nitrogen and oxygen atoms in total. The summed E-state index contributed by atoms with van der Waals surface area (Å²) < 4.78 is 11.0. The molecule has 7 heteroatoms. The molecule has 0 aliphatic heterocycles. The molecule has 1 aromatic heterocycles. The van der Waals surface area contributed by atoms with E-state index in [0.29, 0.717) is 40.4 Å². The van der Waals surface area contributed by atoms with Crippen LogP contribution in [0.25, 0.3) is 0 Å². The van der Waals surface area contributed by atoms with Crippen LogP contribution < -0.4 is 10.1 Å². The van der Waals surface area contributed by atoms with Gasteiger partial charge in [0, 0.05) is 17.3 Å². The van der Waals surface area contributed by atoms with Crippen LogP contribution in [0.2, 0.25) is 10.0 Å². The van der Waals surface area contributed by atoms with E-state index in [1.54, 1.807) is 30.3 Å². The van der Waals surface area contributed by atoms with Crippen LogP contribution in [0.4, 0.5) is 5.69 Å². The predicted molar refractivity (Wildman–Crippen MR) is 99.9 cm³/mol. The minimum Gasteiger partial charge on any atom is -0.475 e. The van der Waals surface area contributed by atoms with Gasteiger partial charge in [0.2, 0.25) is 5.88 Å². The van der Waals surface area contributed by atoms with E-state index in [4.69, 9.17) is 32.7 Å². The van der Waals surface area contributed by atoms with Crippen molar-refractivity contribution < 1.29 is 14.3 Å². The summed E-state index contributed by atoms with van der Waals surface area (Å²) in [4.78, 5) is 16.3. The summed E-state index contributed by atoms with van der Waals surface area (Å²) in [5, 5.41) is 3.58. The van der Waals surface area contributed by atoms with Crippen molar-refractivity contribution >= 4 is 34.8 Å². The molecule has 1 amide bonds. The number of benzene rings is 1. The molecule has 0 unspecified atom stereocenters. The van der Waals surface area contributed by atoms with E-state index in [1.807, 2.05) is 20.8 Å². The highest BCUT2D eigenvalue weighted by Crippen LogP contribution is 2.25. The number of pyridine rings is 1. The van der Waals surface area contributed by atoms with Crippen LogP contribution in [0.5, 0.6) is 5.88 Å². The van der Waals surface area contributed by atoms with Crippen molar-refractivity contribution in [3.8, 4) is 5.88 Å². The summed E-state index contributed by atoms with van der Waals surface area (Å²) in [6.07, 6.45) is 1.44. The minimum atomic E-state index is -0.320. The number of carbonyl (C=O) groups is 1. The van der Waals surface area contributed by atoms with Crippen LogP contribution in [0.3, 0.4) is 0 Å². The third-order valence-corrected chi connectivity index (χ3v) is 3.59. The fourth-order valence-electron chi connectivity index (χ4n) is 1.88. The lowest BCUT2D eigenvalue weighted by molar-refractivity contribution is -0.0168. The maximum atomic E-state index is 12.2. The van der Waals surface area contributed by atoms with Crippen LogP contribution >= 0.6 is 23.2 Å². The zero-order valence-electron chi connectivity index (χ0n) is 14.3. The van der Waals surface area contributed by atoms with Gasteiger partial charge in [0.15, 0.2) is 0 Å². The second-order valence-electron chi connectivity index (χ2n) is 6.27. The van der Waals surface area contributed by atoms with Crippen LogP contribution in [-0.4, -0.2) is 29.7 Å². The second-order valence-corrected chi connectivity index (χ2v) is 7.12. The van der Waals surface area contributed by atoms with Crippen LogP contribution in [0.1, 0.15) is 31.1 Å². The molecule has 0 aliphatic carbocycles. The van der Waals surface area contributed by atoms with Gasteiger partial charge in [-0.3, -0.25) is 4.79 Å². The van der Waals surface area contributed by atoms with Crippen molar-refractivity contribution in [2.24, 2.45) is 0 Å². The molecule has 0 radical (unpaired) electrons. The Morgan fingerprint density at radius 3 is 2.52 bits per heavy atom. The minimum absolute atomic E-state index is 0.207. The third kappa shape index (κ3) is 6.53. The standard InChI is InChI=1S/C18H20Cl2N2O3/c1-18(2,3)25-9-8-24-16-7-4-12(11-21-16)17(23)22-15-6-5-13(19)10-14(15)20/h4-7,10-11H,8-9H2,1-3H3,(H,22,23). The Kier molecular flexibility index (Phi) is 6.64. The Hall–Kier alpha value is -1.82. The van der Waals surface area contributed by atoms with E-state index in [1.165, 1.54) is 6.20 Å². The van der Waals surface area contributed by atoms with Gasteiger partial charge in [0.1, 0.15) is 6.61 Å². The van der Waals surface area contributed by atoms with Gasteiger partial charge < -0.3 is 14.8 Å². The largest absolute Gasteiger partial charge is 0.475 e. The molecule has 0 aliphatic rings. The third-order valence-electron chi connectivity index (χ3n) is 3.05. The summed E-state index contributed by atoms with van der Waals surface area (Å²) in [5.74, 6) is 0.109. The topological polar surface area (TPSA) is 60.5 Å². The molecule has 1 aromatic carbocycles. The number of hydrogen-bond donors (Lipinski definition) is 1. The lowest BCUT2D eigenvalue weighted by atomic mass is 10.2. The first kappa shape index (κ1) is 19.5. The molecule has 0 saturated heterocycles. The van der Waals surface area contributed by atoms with Gasteiger partial charge in [-0.25, -0.2) is 4.98 Å². The predicted octanol–water partition coefficient (Wildman–Crippen LogP) is 4.83. The fourth-order valence-corrected chi connectivity index (χ4v) is 2.34. The molecule has 0 saturated carbocycles. The number of hydrogen-bond acceptors (Lipinski definition) is 4. The number of carbonyl (C=O) groups excluding carboxylic acids is 1. The number of amides is 1. The fraction of sp³-hybridized carbons (Fsp3) is 0.333. The second kappa shape index (κ2) is 8.52. The van der Waals surface area contributed by atoms with Gasteiger partial charge in [-0.1, -0.05) is 23.2 Å². The van der Waals surface area contributed by atoms with Gasteiger partial charge >= 0.3 is 0 Å². The number of halogens is 2. The Bertz CT molecular complexity index is 728. The lowest BCUT2D eigenvalue weighted by Crippen LogP contribution is -2.22. The van der Waals surface area contributed by atoms with E-state index in [9.17, 15) is 4.79 Å². The van der Waals surface area contributed by atoms with Gasteiger partial charge in [-0.2, -0.15) is 0 Å². The highest BCUT2D eigenvalue weighted by atomic mass is 35.5. The van der Waals surface area contributed by atoms with Crippen LogP contribution in [-0.2, 0) is 4.74 Å². The SMILES string of the molecule is CC(C)(C)OCCOc1ccc(C(=O)Nc2ccc(Cl)cc2Cl)cn1. The quantitative estimate of drug-likeness (QED) is 0.726. The number of nitrogens with zero attached hydrogens (tertiary/aromatic N) is 1. The summed E-state index contributed by atoms with van der Waals surface area (Å²) in [5.41, 5.74) is 0.668. The molecule has 1 heterocycles. The normalized spacial score (nSPS) is 11.2. The number of anilines is 1. The summed E-state index contributed by atoms with van der Waals surface area (Å²) in [6.45, 7) is 6.78. The Morgan fingerprint density at radius 1 is 1.16 bits per heavy atom. The van der Waals surface area contributed by atoms with Crippen molar-refractivity contribution in [1.82, 2.24) is 4.98 Å². The Morgan fingerprint density at radius 2 is 1.92 bits per heavy atom. The Labute approximate surface area is 157 Å². The monoisotopic (exact) mass is 382 g/mol. The number of rotatable bonds is 6. The average Bonchev–Trinajstić information content (AvgIpc) is 2.54. The number of aromatic nitrogens is 1. The van der Waals surface area contributed by atoms with Crippen molar-refractivity contribution in [3.63, 3.8) is 0 Å². The molecule has 0 spiro atoms. The summed E-state index contributed by atoms with van der Waals surface area (Å²) in [6, 6.07) is 8.12. The number of ether oxygens (including phenoxy) is 2. The first-order valence-corrected chi connectivity index (χ1v) is 8.49. The lowest BCUT2D eigenvalue weighted by Gasteiger charge is -2.19. The first-order chi connectivity index (χ1) is 11.7. The molecular formula is C18H20Cl2N2O3. The van der Waals surface area contributed by atoms with Crippen molar-refractivity contribution in [2.45, 2.75) is 26.4 Å². The molecule has 2 aromatic rings. The molecule has 25 heavy (non-hydrogen) atoms. The molecule has 1 N–H and O–H groups in total. The van der Waals surface area contributed by atoms with Crippen LogP contribution in [0, 0.1) is 0 Å². The van der Waals surface area contributed by atoms with Gasteiger partial charge in [0.05, 0.1) is 28.5 Å². The molecule has 134 valence electrons. The summed E-state index contributed by atoms with van der Waals surface area (Å²) >= 11 is 11.9. The zero-order valence-corrected chi connectivity index (χ0v) is 15.8. The molecular weight excluding hydrogens is 363 g/mol. The molecule has 0 bridgehead atoms. The van der Waals surface area contributed by atoms with E-state index < -0.39 is 0 Å². The van der Waals surface area contributed by atoms with E-state index in [-0.39, 0.29) is 11.5 Å². The van der Waals surface area contributed by atoms with E-state index in [2.05, 4.69) is 10.3 Å². The summed E-state index contributed by atoms with van der Waals surface area (Å²) in [7, 11) is 0.